The van der Waals surface area contributed by atoms with Gasteiger partial charge in [-0.1, -0.05) is 52.4 Å². The van der Waals surface area contributed by atoms with Crippen LogP contribution in [0.1, 0.15) is 78.1 Å². The summed E-state index contributed by atoms with van der Waals surface area (Å²) in [5, 5.41) is 0. The van der Waals surface area contributed by atoms with E-state index in [2.05, 4.69) is 18.7 Å². The predicted molar refractivity (Wildman–Crippen MR) is 88.0 cm³/mol. The first kappa shape index (κ1) is 16.8. The lowest BCUT2D eigenvalue weighted by molar-refractivity contribution is -0.145. The van der Waals surface area contributed by atoms with Crippen LogP contribution in [-0.2, 0) is 4.79 Å². The minimum Gasteiger partial charge on any atom is -0.342 e. The van der Waals surface area contributed by atoms with E-state index in [1.807, 2.05) is 0 Å². The van der Waals surface area contributed by atoms with Crippen molar-refractivity contribution in [1.29, 1.82) is 0 Å². The summed E-state index contributed by atoms with van der Waals surface area (Å²) in [6, 6.07) is 0. The quantitative estimate of drug-likeness (QED) is 0.803. The van der Waals surface area contributed by atoms with Crippen molar-refractivity contribution in [2.75, 3.05) is 19.6 Å². The van der Waals surface area contributed by atoms with E-state index in [-0.39, 0.29) is 5.41 Å². The number of likely N-dealkylation sites (tertiary alicyclic amines) is 1. The highest BCUT2D eigenvalue weighted by atomic mass is 16.2. The SMILES string of the molecule is CCC1(CC)CCN(C(=O)C2(CN)CCCCCC2)CC1. The molecule has 0 aromatic rings. The maximum absolute atomic E-state index is 13.1. The van der Waals surface area contributed by atoms with Gasteiger partial charge in [0.2, 0.25) is 5.91 Å². The van der Waals surface area contributed by atoms with E-state index in [9.17, 15) is 4.79 Å². The molecule has 0 aromatic heterocycles. The number of nitrogens with two attached hydrogens (primary N) is 1. The molecule has 21 heavy (non-hydrogen) atoms. The molecule has 0 spiro atoms. The highest BCUT2D eigenvalue weighted by molar-refractivity contribution is 5.83. The Morgan fingerprint density at radius 1 is 0.952 bits per heavy atom. The van der Waals surface area contributed by atoms with E-state index in [1.165, 1.54) is 51.4 Å². The zero-order chi connectivity index (χ0) is 15.3. The summed E-state index contributed by atoms with van der Waals surface area (Å²) < 4.78 is 0. The summed E-state index contributed by atoms with van der Waals surface area (Å²) in [6.07, 6.45) is 11.7. The Bertz CT molecular complexity index is 331. The molecule has 0 bridgehead atoms. The Hall–Kier alpha value is -0.570. The topological polar surface area (TPSA) is 46.3 Å². The van der Waals surface area contributed by atoms with Gasteiger partial charge in [0.05, 0.1) is 5.41 Å². The maximum atomic E-state index is 13.1. The van der Waals surface area contributed by atoms with Crippen molar-refractivity contribution in [3.8, 4) is 0 Å². The third-order valence-corrected chi connectivity index (χ3v) is 6.52. The molecule has 0 atom stereocenters. The highest BCUT2D eigenvalue weighted by Gasteiger charge is 2.42. The normalized spacial score (nSPS) is 25.4. The Morgan fingerprint density at radius 2 is 1.48 bits per heavy atom. The standard InChI is InChI=1S/C18H34N2O/c1-3-17(4-2)11-13-20(14-12-17)16(21)18(15-19)9-7-5-6-8-10-18/h3-15,19H2,1-2H3. The number of piperidine rings is 1. The van der Waals surface area contributed by atoms with Crippen LogP contribution in [0.15, 0.2) is 0 Å². The molecular formula is C18H34N2O. The second-order valence-corrected chi connectivity index (χ2v) is 7.40. The van der Waals surface area contributed by atoms with E-state index in [1.54, 1.807) is 0 Å². The molecular weight excluding hydrogens is 260 g/mol. The molecule has 2 N–H and O–H groups in total. The summed E-state index contributed by atoms with van der Waals surface area (Å²) in [4.78, 5) is 15.2. The van der Waals surface area contributed by atoms with Gasteiger partial charge in [-0.15, -0.1) is 0 Å². The number of hydrogen-bond acceptors (Lipinski definition) is 2. The molecule has 1 amide bonds. The molecule has 2 aliphatic rings. The van der Waals surface area contributed by atoms with Crippen molar-refractivity contribution in [3.05, 3.63) is 0 Å². The first-order valence-electron chi connectivity index (χ1n) is 9.11. The van der Waals surface area contributed by atoms with Crippen molar-refractivity contribution in [2.24, 2.45) is 16.6 Å². The van der Waals surface area contributed by atoms with Crippen LogP contribution in [0, 0.1) is 10.8 Å². The van der Waals surface area contributed by atoms with Gasteiger partial charge in [0, 0.05) is 19.6 Å². The molecule has 0 radical (unpaired) electrons. The fourth-order valence-corrected chi connectivity index (χ4v) is 4.39. The number of nitrogens with zero attached hydrogens (tertiary/aromatic N) is 1. The lowest BCUT2D eigenvalue weighted by Crippen LogP contribution is -2.51. The van der Waals surface area contributed by atoms with E-state index in [0.29, 0.717) is 17.9 Å². The van der Waals surface area contributed by atoms with E-state index in [4.69, 9.17) is 5.73 Å². The third kappa shape index (κ3) is 3.44. The minimum absolute atomic E-state index is 0.241. The van der Waals surface area contributed by atoms with Crippen LogP contribution in [0.25, 0.3) is 0 Å². The zero-order valence-electron chi connectivity index (χ0n) is 14.1. The number of carbonyl (C=O) groups is 1. The van der Waals surface area contributed by atoms with Gasteiger partial charge in [0.25, 0.3) is 0 Å². The zero-order valence-corrected chi connectivity index (χ0v) is 14.1. The predicted octanol–water partition coefficient (Wildman–Crippen LogP) is 3.71. The van der Waals surface area contributed by atoms with Gasteiger partial charge in [-0.25, -0.2) is 0 Å². The molecule has 1 saturated heterocycles. The summed E-state index contributed by atoms with van der Waals surface area (Å²) in [7, 11) is 0. The number of amides is 1. The Morgan fingerprint density at radius 3 is 1.90 bits per heavy atom. The first-order chi connectivity index (χ1) is 10.1. The van der Waals surface area contributed by atoms with Crippen LogP contribution in [-0.4, -0.2) is 30.4 Å². The fraction of sp³-hybridized carbons (Fsp3) is 0.944. The van der Waals surface area contributed by atoms with Crippen LogP contribution >= 0.6 is 0 Å². The Labute approximate surface area is 130 Å². The van der Waals surface area contributed by atoms with E-state index < -0.39 is 0 Å². The lowest BCUT2D eigenvalue weighted by atomic mass is 9.73. The summed E-state index contributed by atoms with van der Waals surface area (Å²) in [6.45, 7) is 7.03. The van der Waals surface area contributed by atoms with Gasteiger partial charge in [-0.05, 0) is 31.1 Å². The molecule has 1 saturated carbocycles. The highest BCUT2D eigenvalue weighted by Crippen LogP contribution is 2.41. The van der Waals surface area contributed by atoms with Crippen LogP contribution in [0.4, 0.5) is 0 Å². The average molecular weight is 294 g/mol. The molecule has 0 unspecified atom stereocenters. The molecule has 1 aliphatic carbocycles. The van der Waals surface area contributed by atoms with Crippen LogP contribution in [0.5, 0.6) is 0 Å². The summed E-state index contributed by atoms with van der Waals surface area (Å²) in [5.41, 5.74) is 6.31. The fourth-order valence-electron chi connectivity index (χ4n) is 4.39. The second-order valence-electron chi connectivity index (χ2n) is 7.40. The maximum Gasteiger partial charge on any atom is 0.230 e. The molecule has 1 heterocycles. The van der Waals surface area contributed by atoms with Gasteiger partial charge in [0.1, 0.15) is 0 Å². The number of carbonyl (C=O) groups excluding carboxylic acids is 1. The summed E-state index contributed by atoms with van der Waals surface area (Å²) >= 11 is 0. The molecule has 2 rings (SSSR count). The van der Waals surface area contributed by atoms with Crippen LogP contribution in [0.2, 0.25) is 0 Å². The molecule has 3 nitrogen and oxygen atoms in total. The largest absolute Gasteiger partial charge is 0.342 e. The van der Waals surface area contributed by atoms with Crippen molar-refractivity contribution >= 4 is 5.91 Å². The minimum atomic E-state index is -0.241. The average Bonchev–Trinajstić information content (AvgIpc) is 2.81. The van der Waals surface area contributed by atoms with Crippen molar-refractivity contribution in [3.63, 3.8) is 0 Å². The Balaban J connectivity index is 2.02. The Kier molecular flexibility index (Phi) is 5.70. The van der Waals surface area contributed by atoms with E-state index >= 15 is 0 Å². The third-order valence-electron chi connectivity index (χ3n) is 6.52. The van der Waals surface area contributed by atoms with Gasteiger partial charge < -0.3 is 10.6 Å². The van der Waals surface area contributed by atoms with Crippen molar-refractivity contribution < 1.29 is 4.79 Å². The van der Waals surface area contributed by atoms with E-state index in [0.717, 1.165) is 25.9 Å². The van der Waals surface area contributed by atoms with Crippen molar-refractivity contribution in [2.45, 2.75) is 78.1 Å². The number of rotatable bonds is 4. The lowest BCUT2D eigenvalue weighted by Gasteiger charge is -2.44. The van der Waals surface area contributed by atoms with Crippen molar-refractivity contribution in [1.82, 2.24) is 4.90 Å². The van der Waals surface area contributed by atoms with Gasteiger partial charge in [-0.3, -0.25) is 4.79 Å². The molecule has 3 heteroatoms. The smallest absolute Gasteiger partial charge is 0.230 e. The second kappa shape index (κ2) is 7.13. The van der Waals surface area contributed by atoms with Crippen LogP contribution in [0.3, 0.4) is 0 Å². The summed E-state index contributed by atoms with van der Waals surface area (Å²) in [5.74, 6) is 0.368. The first-order valence-corrected chi connectivity index (χ1v) is 9.11. The van der Waals surface area contributed by atoms with Gasteiger partial charge in [-0.2, -0.15) is 0 Å². The van der Waals surface area contributed by atoms with Crippen LogP contribution < -0.4 is 5.73 Å². The van der Waals surface area contributed by atoms with Gasteiger partial charge in [0.15, 0.2) is 0 Å². The molecule has 1 aliphatic heterocycles. The molecule has 2 fully saturated rings. The number of hydrogen-bond donors (Lipinski definition) is 1. The molecule has 122 valence electrons. The van der Waals surface area contributed by atoms with Gasteiger partial charge >= 0.3 is 0 Å². The molecule has 0 aromatic carbocycles. The monoisotopic (exact) mass is 294 g/mol.